The van der Waals surface area contributed by atoms with Crippen molar-refractivity contribution >= 4 is 0 Å². The van der Waals surface area contributed by atoms with Crippen molar-refractivity contribution in [3.05, 3.63) is 65.2 Å². The maximum Gasteiger partial charge on any atom is 0.453 e. The molecule has 2 fully saturated rings. The second-order valence-corrected chi connectivity index (χ2v) is 9.13. The number of tetrazole rings is 1. The molecule has 1 aliphatic carbocycles. The van der Waals surface area contributed by atoms with Gasteiger partial charge in [0.2, 0.25) is 0 Å². The molecule has 3 aromatic rings. The summed E-state index contributed by atoms with van der Waals surface area (Å²) in [6, 6.07) is 10.9. The number of aromatic nitrogens is 4. The third kappa shape index (κ3) is 4.16. The number of alkyl halides is 3. The average molecular weight is 492 g/mol. The molecule has 0 radical (unpaired) electrons. The normalized spacial score (nSPS) is 26.5. The lowest BCUT2D eigenvalue weighted by molar-refractivity contribution is -0.146. The van der Waals surface area contributed by atoms with Crippen molar-refractivity contribution in [2.24, 2.45) is 5.92 Å². The third-order valence-electron chi connectivity index (χ3n) is 7.22. The van der Waals surface area contributed by atoms with E-state index < -0.39 is 17.6 Å². The Labute approximate surface area is 198 Å². The standard InChI is InChI=1S/C24H24F4N4O3/c1-34-20-7-6-18(32-22(24(26,27)28)29-30-31-32)10-19(20)16-11-23(35-13-16)9-8-15(12-33)21(23)14-2-4-17(25)5-3-14/h2-7,10,15-16,21,33H,8-9,11-13H2,1H3. The van der Waals surface area contributed by atoms with Gasteiger partial charge in [0.25, 0.3) is 5.82 Å². The summed E-state index contributed by atoms with van der Waals surface area (Å²) in [7, 11) is 1.50. The molecule has 186 valence electrons. The number of methoxy groups -OCH3 is 1. The number of nitrogens with zero attached hydrogens (tertiary/aromatic N) is 4. The van der Waals surface area contributed by atoms with Crippen LogP contribution in [0.4, 0.5) is 17.6 Å². The Kier molecular flexibility index (Phi) is 6.00. The zero-order chi connectivity index (χ0) is 24.8. The molecule has 2 heterocycles. The van der Waals surface area contributed by atoms with Gasteiger partial charge in [-0.3, -0.25) is 0 Å². The molecule has 0 bridgehead atoms. The number of aliphatic hydroxyl groups excluding tert-OH is 1. The van der Waals surface area contributed by atoms with Crippen LogP contribution < -0.4 is 4.74 Å². The molecule has 11 heteroatoms. The van der Waals surface area contributed by atoms with E-state index in [2.05, 4.69) is 15.5 Å². The Morgan fingerprint density at radius 3 is 2.66 bits per heavy atom. The van der Waals surface area contributed by atoms with Crippen molar-refractivity contribution in [1.29, 1.82) is 0 Å². The van der Waals surface area contributed by atoms with Crippen LogP contribution in [0.25, 0.3) is 5.69 Å². The first-order valence-electron chi connectivity index (χ1n) is 11.3. The summed E-state index contributed by atoms with van der Waals surface area (Å²) in [6.45, 7) is 0.313. The minimum atomic E-state index is -4.71. The van der Waals surface area contributed by atoms with Crippen LogP contribution in [-0.4, -0.2) is 51.2 Å². The van der Waals surface area contributed by atoms with Crippen LogP contribution in [-0.2, 0) is 10.9 Å². The van der Waals surface area contributed by atoms with Gasteiger partial charge in [0.15, 0.2) is 0 Å². The van der Waals surface area contributed by atoms with Crippen LogP contribution in [0.15, 0.2) is 42.5 Å². The van der Waals surface area contributed by atoms with E-state index in [1.54, 1.807) is 24.3 Å². The third-order valence-corrected chi connectivity index (χ3v) is 7.22. The summed E-state index contributed by atoms with van der Waals surface area (Å²) in [5.41, 5.74) is 1.17. The highest BCUT2D eigenvalue weighted by molar-refractivity contribution is 5.47. The van der Waals surface area contributed by atoms with Gasteiger partial charge in [0.05, 0.1) is 25.0 Å². The van der Waals surface area contributed by atoms with E-state index in [4.69, 9.17) is 9.47 Å². The van der Waals surface area contributed by atoms with Gasteiger partial charge in [-0.2, -0.15) is 17.9 Å². The Morgan fingerprint density at radius 1 is 1.20 bits per heavy atom. The fourth-order valence-electron chi connectivity index (χ4n) is 5.73. The van der Waals surface area contributed by atoms with E-state index in [1.807, 2.05) is 0 Å². The highest BCUT2D eigenvalue weighted by Crippen LogP contribution is 2.57. The molecule has 1 saturated carbocycles. The summed E-state index contributed by atoms with van der Waals surface area (Å²) in [6.07, 6.45) is -2.67. The number of ether oxygens (including phenoxy) is 2. The number of halogens is 4. The quantitative estimate of drug-likeness (QED) is 0.536. The van der Waals surface area contributed by atoms with Crippen molar-refractivity contribution in [1.82, 2.24) is 20.2 Å². The number of aliphatic hydroxyl groups is 1. The minimum absolute atomic E-state index is 0.0177. The van der Waals surface area contributed by atoms with Gasteiger partial charge in [-0.05, 0) is 71.5 Å². The highest BCUT2D eigenvalue weighted by atomic mass is 19.4. The van der Waals surface area contributed by atoms with Gasteiger partial charge in [-0.1, -0.05) is 12.1 Å². The molecule has 35 heavy (non-hydrogen) atoms. The van der Waals surface area contributed by atoms with Crippen molar-refractivity contribution < 1.29 is 32.1 Å². The van der Waals surface area contributed by atoms with Crippen LogP contribution in [0.3, 0.4) is 0 Å². The van der Waals surface area contributed by atoms with Crippen LogP contribution >= 0.6 is 0 Å². The lowest BCUT2D eigenvalue weighted by Gasteiger charge is -2.33. The molecule has 5 rings (SSSR count). The van der Waals surface area contributed by atoms with Gasteiger partial charge in [0, 0.05) is 24.0 Å². The molecule has 7 nitrogen and oxygen atoms in total. The molecule has 1 saturated heterocycles. The molecule has 2 aliphatic rings. The number of hydrogen-bond acceptors (Lipinski definition) is 6. The molecule has 1 aromatic heterocycles. The highest BCUT2D eigenvalue weighted by Gasteiger charge is 2.54. The lowest BCUT2D eigenvalue weighted by Crippen LogP contribution is -2.34. The number of rotatable bonds is 5. The van der Waals surface area contributed by atoms with Crippen LogP contribution in [0.2, 0.25) is 0 Å². The van der Waals surface area contributed by atoms with E-state index in [9.17, 15) is 22.7 Å². The SMILES string of the molecule is COc1ccc(-n2nnnc2C(F)(F)F)cc1C1COC2(CCC(CO)C2c2ccc(F)cc2)C1. The molecule has 2 aromatic carbocycles. The fraction of sp³-hybridized carbons (Fsp3) is 0.458. The zero-order valence-electron chi connectivity index (χ0n) is 18.9. The maximum absolute atomic E-state index is 13.6. The van der Waals surface area contributed by atoms with E-state index in [0.717, 1.165) is 12.0 Å². The summed E-state index contributed by atoms with van der Waals surface area (Å²) < 4.78 is 66.3. The molecule has 4 unspecified atom stereocenters. The summed E-state index contributed by atoms with van der Waals surface area (Å²) in [4.78, 5) is 0. The van der Waals surface area contributed by atoms with Crippen LogP contribution in [0, 0.1) is 11.7 Å². The van der Waals surface area contributed by atoms with E-state index >= 15 is 0 Å². The molecule has 4 atom stereocenters. The van der Waals surface area contributed by atoms with Crippen molar-refractivity contribution in [3.8, 4) is 11.4 Å². The Hall–Kier alpha value is -3.05. The Balaban J connectivity index is 1.50. The van der Waals surface area contributed by atoms with Crippen LogP contribution in [0.5, 0.6) is 5.75 Å². The molecule has 0 amide bonds. The predicted octanol–water partition coefficient (Wildman–Crippen LogP) is 4.26. The van der Waals surface area contributed by atoms with Gasteiger partial charge < -0.3 is 14.6 Å². The molecular weight excluding hydrogens is 468 g/mol. The van der Waals surface area contributed by atoms with E-state index in [0.29, 0.717) is 35.4 Å². The van der Waals surface area contributed by atoms with Crippen molar-refractivity contribution in [3.63, 3.8) is 0 Å². The lowest BCUT2D eigenvalue weighted by atomic mass is 9.76. The first-order chi connectivity index (χ1) is 16.8. The largest absolute Gasteiger partial charge is 0.496 e. The predicted molar refractivity (Wildman–Crippen MR) is 116 cm³/mol. The Bertz CT molecular complexity index is 1200. The summed E-state index contributed by atoms with van der Waals surface area (Å²) >= 11 is 0. The first kappa shape index (κ1) is 23.7. The molecular formula is C24H24F4N4O3. The summed E-state index contributed by atoms with van der Waals surface area (Å²) in [5, 5.41) is 19.9. The zero-order valence-corrected chi connectivity index (χ0v) is 18.9. The Morgan fingerprint density at radius 2 is 1.97 bits per heavy atom. The molecule has 1 aliphatic heterocycles. The molecule has 1 N–H and O–H groups in total. The topological polar surface area (TPSA) is 82.3 Å². The van der Waals surface area contributed by atoms with Gasteiger partial charge in [-0.25, -0.2) is 4.39 Å². The monoisotopic (exact) mass is 492 g/mol. The maximum atomic E-state index is 13.6. The minimum Gasteiger partial charge on any atom is -0.496 e. The number of hydrogen-bond donors (Lipinski definition) is 1. The van der Waals surface area contributed by atoms with E-state index in [-0.39, 0.29) is 35.9 Å². The smallest absolute Gasteiger partial charge is 0.453 e. The van der Waals surface area contributed by atoms with E-state index in [1.165, 1.54) is 25.3 Å². The van der Waals surface area contributed by atoms with Gasteiger partial charge in [-0.15, -0.1) is 5.10 Å². The second kappa shape index (κ2) is 8.87. The van der Waals surface area contributed by atoms with Crippen molar-refractivity contribution in [2.75, 3.05) is 20.3 Å². The van der Waals surface area contributed by atoms with Crippen molar-refractivity contribution in [2.45, 2.75) is 42.9 Å². The average Bonchev–Trinajstić information content (AvgIpc) is 3.58. The van der Waals surface area contributed by atoms with Gasteiger partial charge >= 0.3 is 6.18 Å². The first-order valence-corrected chi connectivity index (χ1v) is 11.3. The molecule has 1 spiro atoms. The fourth-order valence-corrected chi connectivity index (χ4v) is 5.73. The summed E-state index contributed by atoms with van der Waals surface area (Å²) in [5.74, 6) is -1.38. The van der Waals surface area contributed by atoms with Gasteiger partial charge in [0.1, 0.15) is 11.6 Å². The second-order valence-electron chi connectivity index (χ2n) is 9.13. The number of benzene rings is 2. The van der Waals surface area contributed by atoms with Crippen LogP contribution in [0.1, 0.15) is 48.0 Å².